The summed E-state index contributed by atoms with van der Waals surface area (Å²) in [5.74, 6) is -0.765. The molecule has 7 heterocycles. The molecular weight excluding hydrogens is 1360 g/mol. The molecule has 1 aliphatic rings. The van der Waals surface area contributed by atoms with E-state index in [0.29, 0.717) is 75.9 Å². The average molecular weight is 1410 g/mol. The van der Waals surface area contributed by atoms with Crippen LogP contribution in [0.3, 0.4) is 0 Å². The predicted octanol–water partition coefficient (Wildman–Crippen LogP) is 20.5. The number of rotatable bonds is 15. The van der Waals surface area contributed by atoms with Crippen LogP contribution in [-0.4, -0.2) is 58.1 Å². The maximum absolute atomic E-state index is 13.2. The molecule has 0 radical (unpaired) electrons. The maximum Gasteiger partial charge on any atom is 0.261 e. The molecule has 93 heavy (non-hydrogen) atoms. The van der Waals surface area contributed by atoms with E-state index in [4.69, 9.17) is 89.3 Å². The van der Waals surface area contributed by atoms with Gasteiger partial charge >= 0.3 is 0 Å². The Morgan fingerprint density at radius 2 is 0.871 bits per heavy atom. The molecule has 3 atom stereocenters. The molecular formula is C68H53Cl6N13O3S3. The zero-order valence-corrected chi connectivity index (χ0v) is 56.6. The van der Waals surface area contributed by atoms with Crippen molar-refractivity contribution in [2.24, 2.45) is 5.92 Å². The number of nitrogens with zero attached hydrogens (tertiary/aromatic N) is 10. The molecule has 16 nitrogen and oxygen atoms in total. The number of aromatic nitrogens is 7. The van der Waals surface area contributed by atoms with Crippen LogP contribution in [0.2, 0.25) is 30.1 Å². The van der Waals surface area contributed by atoms with Crippen LogP contribution in [0, 0.1) is 25.6 Å². The topological polar surface area (TPSA) is 167 Å². The standard InChI is InChI=1S/C23H22Cl2N4OS.C23H16Cl2N4OS.C22H15Cl2N5OS/c2*1-14(15-7-4-3-5-8-15)27-23(30)21-20(26-2)22(19-9-6-12-31-19)29(28-21)18-11-10-16(24)13-17(18)25;1-13(16-6-3-4-10-26-16)27-22(30)20-19(25-2)21(18-7-5-11-31-18)29(28-20)17-9-8-14(23)12-15(17)24/h6,9-15H,3-5,7-8H2,1H3,(H,27,30);3-14H,1H3,(H,27,30);3-13H,1H3,(H,27,30)/t2*14-;13-/m111/s1. The molecule has 1 aliphatic carbocycles. The predicted molar refractivity (Wildman–Crippen MR) is 375 cm³/mol. The highest BCUT2D eigenvalue weighted by Gasteiger charge is 2.32. The molecule has 1 fully saturated rings. The van der Waals surface area contributed by atoms with Crippen LogP contribution in [0.25, 0.3) is 63.3 Å². The maximum atomic E-state index is 13.2. The van der Waals surface area contributed by atoms with Crippen molar-refractivity contribution >= 4 is 138 Å². The third kappa shape index (κ3) is 15.4. The number of amides is 3. The summed E-state index contributed by atoms with van der Waals surface area (Å²) in [5, 5.41) is 30.8. The molecule has 11 aromatic rings. The number of hydrogen-bond acceptors (Lipinski definition) is 10. The normalized spacial score (nSPS) is 12.9. The van der Waals surface area contributed by atoms with Gasteiger partial charge in [0.1, 0.15) is 0 Å². The van der Waals surface area contributed by atoms with Gasteiger partial charge in [-0.3, -0.25) is 19.4 Å². The molecule has 4 aromatic carbocycles. The lowest BCUT2D eigenvalue weighted by molar-refractivity contribution is 0.0910. The number of benzene rings is 4. The van der Waals surface area contributed by atoms with Crippen molar-refractivity contribution in [3.8, 4) is 48.8 Å². The van der Waals surface area contributed by atoms with E-state index in [9.17, 15) is 14.4 Å². The lowest BCUT2D eigenvalue weighted by atomic mass is 9.84. The number of pyridine rings is 1. The first kappa shape index (κ1) is 67.3. The summed E-state index contributed by atoms with van der Waals surface area (Å²) < 4.78 is 4.65. The molecule has 3 N–H and O–H groups in total. The summed E-state index contributed by atoms with van der Waals surface area (Å²) in [5.41, 5.74) is 5.61. The van der Waals surface area contributed by atoms with Crippen LogP contribution < -0.4 is 16.0 Å². The number of carbonyl (C=O) groups is 3. The van der Waals surface area contributed by atoms with Crippen molar-refractivity contribution in [3.05, 3.63) is 255 Å². The van der Waals surface area contributed by atoms with Crippen molar-refractivity contribution in [1.82, 2.24) is 50.3 Å². The highest BCUT2D eigenvalue weighted by Crippen LogP contribution is 2.44. The smallest absolute Gasteiger partial charge is 0.261 e. The first-order valence-electron chi connectivity index (χ1n) is 28.9. The van der Waals surface area contributed by atoms with Gasteiger partial charge in [0.15, 0.2) is 17.1 Å². The minimum Gasteiger partial charge on any atom is -0.349 e. The van der Waals surface area contributed by atoms with Gasteiger partial charge in [0.2, 0.25) is 17.1 Å². The molecule has 0 saturated heterocycles. The van der Waals surface area contributed by atoms with Crippen LogP contribution >= 0.6 is 104 Å². The highest BCUT2D eigenvalue weighted by molar-refractivity contribution is 7.14. The molecule has 12 rings (SSSR count). The second-order valence-electron chi connectivity index (χ2n) is 21.1. The van der Waals surface area contributed by atoms with Crippen LogP contribution in [0.1, 0.15) is 108 Å². The molecule has 25 heteroatoms. The van der Waals surface area contributed by atoms with Gasteiger partial charge in [-0.2, -0.15) is 15.3 Å². The number of hydrogen-bond donors (Lipinski definition) is 3. The molecule has 0 unspecified atom stereocenters. The van der Waals surface area contributed by atoms with Gasteiger partial charge in [-0.1, -0.05) is 143 Å². The second kappa shape index (κ2) is 30.9. The van der Waals surface area contributed by atoms with Gasteiger partial charge in [-0.25, -0.2) is 28.6 Å². The number of nitrogens with one attached hydrogen (secondary N) is 3. The quantitative estimate of drug-likeness (QED) is 0.0859. The number of carbonyl (C=O) groups excluding carboxylic acids is 3. The second-order valence-corrected chi connectivity index (χ2v) is 26.5. The van der Waals surface area contributed by atoms with Crippen molar-refractivity contribution in [2.45, 2.75) is 71.0 Å². The van der Waals surface area contributed by atoms with E-state index in [-0.39, 0.29) is 58.2 Å². The van der Waals surface area contributed by atoms with E-state index in [1.807, 2.05) is 116 Å². The summed E-state index contributed by atoms with van der Waals surface area (Å²) in [6.45, 7) is 29.1. The summed E-state index contributed by atoms with van der Waals surface area (Å²) in [7, 11) is 0. The molecule has 0 spiro atoms. The fraction of sp³-hybridized carbons (Fsp3) is 0.176. The minimum atomic E-state index is -0.467. The van der Waals surface area contributed by atoms with E-state index in [0.717, 1.165) is 33.0 Å². The van der Waals surface area contributed by atoms with E-state index in [1.54, 1.807) is 76.2 Å². The van der Waals surface area contributed by atoms with E-state index < -0.39 is 11.8 Å². The molecule has 3 amide bonds. The average Bonchev–Trinajstić information content (AvgIpc) is 1.64. The zero-order valence-electron chi connectivity index (χ0n) is 49.6. The summed E-state index contributed by atoms with van der Waals surface area (Å²) in [6, 6.07) is 40.9. The van der Waals surface area contributed by atoms with Crippen molar-refractivity contribution < 1.29 is 14.4 Å². The van der Waals surface area contributed by atoms with E-state index in [1.165, 1.54) is 58.0 Å². The number of thiophene rings is 3. The SMILES string of the molecule is [C-]#[N+]c1c(C(=O)N[C@H](C)C2CCCCC2)nn(-c2ccc(Cl)cc2Cl)c1-c1cccs1.[C-]#[N+]c1c(C(=O)N[C@H](C)c2ccccc2)nn(-c2ccc(Cl)cc2Cl)c1-c1cccs1.[C-]#[N+]c1c(C(=O)N[C@H](C)c2ccccn2)nn(-c2ccc(Cl)cc2Cl)c1-c1cccs1. The van der Waals surface area contributed by atoms with Gasteiger partial charge in [0.25, 0.3) is 17.7 Å². The molecule has 7 aromatic heterocycles. The first-order valence-corrected chi connectivity index (χ1v) is 33.8. The van der Waals surface area contributed by atoms with Crippen molar-refractivity contribution in [3.63, 3.8) is 0 Å². The Morgan fingerprint density at radius 1 is 0.484 bits per heavy atom. The van der Waals surface area contributed by atoms with Crippen LogP contribution in [0.15, 0.2) is 162 Å². The Bertz CT molecular complexity index is 4410. The molecule has 468 valence electrons. The van der Waals surface area contributed by atoms with Crippen molar-refractivity contribution in [1.29, 1.82) is 0 Å². The fourth-order valence-corrected chi connectivity index (χ4v) is 14.2. The monoisotopic (exact) mass is 1410 g/mol. The summed E-state index contributed by atoms with van der Waals surface area (Å²) in [6.07, 6.45) is 7.55. The van der Waals surface area contributed by atoms with Crippen LogP contribution in [0.4, 0.5) is 17.1 Å². The molecule has 0 bridgehead atoms. The van der Waals surface area contributed by atoms with Gasteiger partial charge in [0, 0.05) is 41.9 Å². The van der Waals surface area contributed by atoms with Gasteiger partial charge in [0.05, 0.1) is 86.7 Å². The van der Waals surface area contributed by atoms with Gasteiger partial charge in [-0.05, 0) is 146 Å². The van der Waals surface area contributed by atoms with Crippen molar-refractivity contribution in [2.75, 3.05) is 0 Å². The lowest BCUT2D eigenvalue weighted by Gasteiger charge is -2.28. The Balaban J connectivity index is 0.000000153. The third-order valence-corrected chi connectivity index (χ3v) is 19.3. The third-order valence-electron chi connectivity index (χ3n) is 15.1. The Kier molecular flexibility index (Phi) is 22.3. The fourth-order valence-electron chi connectivity index (χ4n) is 10.5. The minimum absolute atomic E-state index is 0.0206. The highest BCUT2D eigenvalue weighted by atomic mass is 35.5. The molecule has 1 saturated carbocycles. The summed E-state index contributed by atoms with van der Waals surface area (Å²) in [4.78, 5) is 57.2. The van der Waals surface area contributed by atoms with Gasteiger partial charge in [-0.15, -0.1) is 34.0 Å². The zero-order chi connectivity index (χ0) is 65.9. The largest absolute Gasteiger partial charge is 0.349 e. The van der Waals surface area contributed by atoms with Gasteiger partial charge < -0.3 is 16.0 Å². The number of halogens is 6. The van der Waals surface area contributed by atoms with Crippen LogP contribution in [0.5, 0.6) is 0 Å². The molecule has 0 aliphatic heterocycles. The first-order chi connectivity index (χ1) is 45.0. The Hall–Kier alpha value is -8.62. The van der Waals surface area contributed by atoms with E-state index >= 15 is 0 Å². The van der Waals surface area contributed by atoms with Crippen LogP contribution in [-0.2, 0) is 0 Å². The Labute approximate surface area is 578 Å². The van der Waals surface area contributed by atoms with E-state index in [2.05, 4.69) is 50.8 Å². The lowest BCUT2D eigenvalue weighted by Crippen LogP contribution is -2.39. The Morgan fingerprint density at radius 3 is 1.23 bits per heavy atom. The summed E-state index contributed by atoms with van der Waals surface area (Å²) >= 11 is 41.8.